The molecule has 0 saturated heterocycles. The van der Waals surface area contributed by atoms with E-state index in [1.54, 1.807) is 0 Å². The summed E-state index contributed by atoms with van der Waals surface area (Å²) < 4.78 is 6.13. The molecule has 0 aliphatic heterocycles. The van der Waals surface area contributed by atoms with Crippen molar-refractivity contribution in [2.75, 3.05) is 6.61 Å². The lowest BCUT2D eigenvalue weighted by molar-refractivity contribution is 0.0543. The van der Waals surface area contributed by atoms with Crippen molar-refractivity contribution in [3.63, 3.8) is 0 Å². The molecule has 0 spiro atoms. The zero-order valence-electron chi connectivity index (χ0n) is 18.2. The summed E-state index contributed by atoms with van der Waals surface area (Å²) in [6.45, 7) is 14.0. The number of rotatable bonds is 10. The summed E-state index contributed by atoms with van der Waals surface area (Å²) >= 11 is 0. The van der Waals surface area contributed by atoms with Crippen molar-refractivity contribution in [1.29, 1.82) is 0 Å². The molecule has 2 nitrogen and oxygen atoms in total. The molecule has 1 aromatic heterocycles. The summed E-state index contributed by atoms with van der Waals surface area (Å²) in [5.41, 5.74) is 9.16. The van der Waals surface area contributed by atoms with E-state index >= 15 is 0 Å². The first-order valence-corrected chi connectivity index (χ1v) is 10.8. The fourth-order valence-corrected chi connectivity index (χ4v) is 4.14. The highest BCUT2D eigenvalue weighted by Gasteiger charge is 2.21. The van der Waals surface area contributed by atoms with E-state index < -0.39 is 0 Å². The third kappa shape index (κ3) is 4.99. The quantitative estimate of drug-likeness (QED) is 0.450. The van der Waals surface area contributed by atoms with Crippen molar-refractivity contribution >= 4 is 0 Å². The van der Waals surface area contributed by atoms with Crippen LogP contribution in [-0.2, 0) is 24.0 Å². The highest BCUT2D eigenvalue weighted by atomic mass is 16.5. The van der Waals surface area contributed by atoms with Crippen LogP contribution in [0.1, 0.15) is 87.9 Å². The number of hydrogen-bond donors (Lipinski definition) is 0. The van der Waals surface area contributed by atoms with E-state index in [4.69, 9.17) is 9.72 Å². The Morgan fingerprint density at radius 3 is 2.11 bits per heavy atom. The molecule has 0 aliphatic rings. The average Bonchev–Trinajstić information content (AvgIpc) is 2.67. The number of pyridine rings is 1. The Morgan fingerprint density at radius 2 is 1.59 bits per heavy atom. The topological polar surface area (TPSA) is 22.1 Å². The van der Waals surface area contributed by atoms with Gasteiger partial charge in [-0.1, -0.05) is 58.7 Å². The van der Waals surface area contributed by atoms with Crippen LogP contribution >= 0.6 is 0 Å². The van der Waals surface area contributed by atoms with Gasteiger partial charge in [0.1, 0.15) is 0 Å². The maximum absolute atomic E-state index is 6.13. The van der Waals surface area contributed by atoms with Crippen LogP contribution in [0, 0.1) is 6.92 Å². The predicted octanol–water partition coefficient (Wildman–Crippen LogP) is 7.01. The normalized spacial score (nSPS) is 12.4. The Kier molecular flexibility index (Phi) is 8.50. The molecule has 0 radical (unpaired) electrons. The second kappa shape index (κ2) is 10.6. The molecule has 1 unspecified atom stereocenters. The van der Waals surface area contributed by atoms with Gasteiger partial charge in [0.25, 0.3) is 0 Å². The second-order valence-corrected chi connectivity index (χ2v) is 7.31. The molecule has 1 aromatic carbocycles. The molecule has 1 heterocycles. The van der Waals surface area contributed by atoms with E-state index in [1.165, 1.54) is 27.8 Å². The first kappa shape index (κ1) is 21.6. The zero-order chi connectivity index (χ0) is 19.8. The van der Waals surface area contributed by atoms with Gasteiger partial charge in [0.15, 0.2) is 0 Å². The van der Waals surface area contributed by atoms with Gasteiger partial charge in [0.2, 0.25) is 0 Å². The summed E-state index contributed by atoms with van der Waals surface area (Å²) in [7, 11) is 0. The lowest BCUT2D eigenvalue weighted by atomic mass is 9.90. The summed E-state index contributed by atoms with van der Waals surface area (Å²) in [6, 6.07) is 9.03. The van der Waals surface area contributed by atoms with Crippen LogP contribution in [-0.4, -0.2) is 11.6 Å². The van der Waals surface area contributed by atoms with Crippen LogP contribution in [0.2, 0.25) is 0 Å². The number of nitrogens with zero attached hydrogens (tertiary/aromatic N) is 1. The van der Waals surface area contributed by atoms with Gasteiger partial charge in [-0.15, -0.1) is 0 Å². The molecular formula is C25H37NO. The molecule has 0 bridgehead atoms. The molecular weight excluding hydrogens is 330 g/mol. The van der Waals surface area contributed by atoms with Gasteiger partial charge in [0.05, 0.1) is 11.8 Å². The SMILES string of the molecule is CCCc1cc(-c2c(CC)cccc2CC)nc(C)c1C(CCC)OCC. The Bertz CT molecular complexity index is 707. The predicted molar refractivity (Wildman–Crippen MR) is 116 cm³/mol. The van der Waals surface area contributed by atoms with E-state index in [-0.39, 0.29) is 6.10 Å². The highest BCUT2D eigenvalue weighted by molar-refractivity contribution is 5.69. The number of benzene rings is 1. The summed E-state index contributed by atoms with van der Waals surface area (Å²) in [4.78, 5) is 5.11. The van der Waals surface area contributed by atoms with Crippen molar-refractivity contribution in [3.8, 4) is 11.3 Å². The molecule has 2 rings (SSSR count). The van der Waals surface area contributed by atoms with Crippen molar-refractivity contribution in [1.82, 2.24) is 4.98 Å². The standard InChI is InChI=1S/C25H37NO/c1-7-13-21-17-22(25-19(9-3)15-12-16-20(25)10-4)26-18(6)24(21)23(14-8-2)27-11-5/h12,15-17,23H,7-11,13-14H2,1-6H3. The first-order chi connectivity index (χ1) is 13.1. The largest absolute Gasteiger partial charge is 0.374 e. The van der Waals surface area contributed by atoms with Crippen molar-refractivity contribution < 1.29 is 4.74 Å². The fourth-order valence-electron chi connectivity index (χ4n) is 4.14. The Hall–Kier alpha value is -1.67. The third-order valence-corrected chi connectivity index (χ3v) is 5.35. The minimum absolute atomic E-state index is 0.162. The molecule has 2 heteroatoms. The monoisotopic (exact) mass is 367 g/mol. The fraction of sp³-hybridized carbons (Fsp3) is 0.560. The minimum Gasteiger partial charge on any atom is -0.374 e. The van der Waals surface area contributed by atoms with Crippen LogP contribution in [0.15, 0.2) is 24.3 Å². The molecule has 0 amide bonds. The maximum Gasteiger partial charge on any atom is 0.0844 e. The Balaban J connectivity index is 2.66. The third-order valence-electron chi connectivity index (χ3n) is 5.35. The van der Waals surface area contributed by atoms with Crippen LogP contribution in [0.5, 0.6) is 0 Å². The van der Waals surface area contributed by atoms with E-state index in [1.807, 2.05) is 0 Å². The van der Waals surface area contributed by atoms with E-state index in [0.717, 1.165) is 56.5 Å². The molecule has 0 aliphatic carbocycles. The average molecular weight is 368 g/mol. The van der Waals surface area contributed by atoms with E-state index in [9.17, 15) is 0 Å². The smallest absolute Gasteiger partial charge is 0.0844 e. The number of ether oxygens (including phenoxy) is 1. The molecule has 148 valence electrons. The molecule has 2 aromatic rings. The first-order valence-electron chi connectivity index (χ1n) is 10.8. The summed E-state index contributed by atoms with van der Waals surface area (Å²) in [5.74, 6) is 0. The van der Waals surface area contributed by atoms with E-state index in [2.05, 4.69) is 65.8 Å². The van der Waals surface area contributed by atoms with Gasteiger partial charge < -0.3 is 4.74 Å². The molecule has 1 atom stereocenters. The Labute approximate surface area is 166 Å². The number of aromatic nitrogens is 1. The van der Waals surface area contributed by atoms with Crippen LogP contribution in [0.3, 0.4) is 0 Å². The van der Waals surface area contributed by atoms with Crippen LogP contribution in [0.25, 0.3) is 11.3 Å². The molecule has 0 N–H and O–H groups in total. The molecule has 27 heavy (non-hydrogen) atoms. The second-order valence-electron chi connectivity index (χ2n) is 7.31. The maximum atomic E-state index is 6.13. The van der Waals surface area contributed by atoms with E-state index in [0.29, 0.717) is 0 Å². The highest BCUT2D eigenvalue weighted by Crippen LogP contribution is 2.34. The van der Waals surface area contributed by atoms with Crippen LogP contribution < -0.4 is 0 Å². The van der Waals surface area contributed by atoms with Gasteiger partial charge in [-0.3, -0.25) is 4.98 Å². The van der Waals surface area contributed by atoms with Gasteiger partial charge in [-0.05, 0) is 62.3 Å². The van der Waals surface area contributed by atoms with Gasteiger partial charge >= 0.3 is 0 Å². The lowest BCUT2D eigenvalue weighted by Gasteiger charge is -2.24. The molecule has 0 saturated carbocycles. The number of hydrogen-bond acceptors (Lipinski definition) is 2. The van der Waals surface area contributed by atoms with Crippen molar-refractivity contribution in [2.24, 2.45) is 0 Å². The Morgan fingerprint density at radius 1 is 0.926 bits per heavy atom. The zero-order valence-corrected chi connectivity index (χ0v) is 18.2. The van der Waals surface area contributed by atoms with Gasteiger partial charge in [-0.2, -0.15) is 0 Å². The summed E-state index contributed by atoms with van der Waals surface area (Å²) in [5, 5.41) is 0. The number of aryl methyl sites for hydroxylation is 4. The van der Waals surface area contributed by atoms with Crippen LogP contribution in [0.4, 0.5) is 0 Å². The van der Waals surface area contributed by atoms with Crippen molar-refractivity contribution in [3.05, 3.63) is 52.2 Å². The van der Waals surface area contributed by atoms with Crippen molar-refractivity contribution in [2.45, 2.75) is 86.2 Å². The van der Waals surface area contributed by atoms with Gasteiger partial charge in [-0.25, -0.2) is 0 Å². The lowest BCUT2D eigenvalue weighted by Crippen LogP contribution is -2.12. The summed E-state index contributed by atoms with van der Waals surface area (Å²) in [6.07, 6.45) is 6.62. The molecule has 0 fully saturated rings. The minimum atomic E-state index is 0.162. The van der Waals surface area contributed by atoms with Gasteiger partial charge in [0, 0.05) is 23.4 Å².